The van der Waals surface area contributed by atoms with Crippen molar-refractivity contribution in [3.63, 3.8) is 0 Å². The number of hydrogen-bond acceptors (Lipinski definition) is 3. The fourth-order valence-corrected chi connectivity index (χ4v) is 4.37. The van der Waals surface area contributed by atoms with E-state index >= 15 is 0 Å². The quantitative estimate of drug-likeness (QED) is 0.567. The van der Waals surface area contributed by atoms with E-state index in [9.17, 15) is 4.79 Å². The molecule has 3 atom stereocenters. The summed E-state index contributed by atoms with van der Waals surface area (Å²) in [5.41, 5.74) is 0. The molecule has 0 aromatic heterocycles. The maximum atomic E-state index is 11.8. The second-order valence-corrected chi connectivity index (χ2v) is 5.81. The predicted octanol–water partition coefficient (Wildman–Crippen LogP) is 1.23. The Morgan fingerprint density at radius 3 is 3.36 bits per heavy atom. The first-order valence-electron chi connectivity index (χ1n) is 5.35. The maximum absolute atomic E-state index is 11.8. The van der Waals surface area contributed by atoms with Gasteiger partial charge in [0.1, 0.15) is 4.87 Å². The molecule has 0 radical (unpaired) electrons. The van der Waals surface area contributed by atoms with Crippen molar-refractivity contribution < 1.29 is 9.53 Å². The Balaban J connectivity index is 1.90. The average Bonchev–Trinajstić information content (AvgIpc) is 2.46. The molecule has 3 saturated heterocycles. The molecule has 0 aromatic carbocycles. The Labute approximate surface area is 88.2 Å². The van der Waals surface area contributed by atoms with E-state index in [0.29, 0.717) is 0 Å². The maximum Gasteiger partial charge on any atom is 0.256 e. The van der Waals surface area contributed by atoms with Crippen molar-refractivity contribution in [3.05, 3.63) is 0 Å². The van der Waals surface area contributed by atoms with Gasteiger partial charge in [0.25, 0.3) is 5.91 Å². The predicted molar refractivity (Wildman–Crippen MR) is 55.1 cm³/mol. The van der Waals surface area contributed by atoms with Gasteiger partial charge in [0.2, 0.25) is 0 Å². The van der Waals surface area contributed by atoms with Crippen LogP contribution in [0, 0.1) is 0 Å². The zero-order chi connectivity index (χ0) is 9.76. The highest BCUT2D eigenvalue weighted by molar-refractivity contribution is 8.01. The summed E-state index contributed by atoms with van der Waals surface area (Å²) in [4.78, 5) is 13.8. The molecule has 3 rings (SSSR count). The second kappa shape index (κ2) is 2.89. The van der Waals surface area contributed by atoms with Crippen LogP contribution in [0.5, 0.6) is 0 Å². The molecular weight excluding hydrogens is 198 g/mol. The fourth-order valence-electron chi connectivity index (χ4n) is 2.81. The lowest BCUT2D eigenvalue weighted by Crippen LogP contribution is -2.70. The van der Waals surface area contributed by atoms with Gasteiger partial charge in [0, 0.05) is 12.3 Å². The third-order valence-corrected chi connectivity index (χ3v) is 5.06. The average molecular weight is 213 g/mol. The van der Waals surface area contributed by atoms with Crippen LogP contribution in [0.1, 0.15) is 26.2 Å². The minimum absolute atomic E-state index is 0.0435. The SMILES string of the molecule is C[C@H]1CCC[C@]23SCCN2C(=O)[C@@H]3O1. The molecule has 0 aliphatic carbocycles. The first-order valence-corrected chi connectivity index (χ1v) is 6.33. The number of carbonyl (C=O) groups is 1. The van der Waals surface area contributed by atoms with Crippen molar-refractivity contribution >= 4 is 17.7 Å². The molecule has 0 N–H and O–H groups in total. The van der Waals surface area contributed by atoms with Crippen LogP contribution in [0.4, 0.5) is 0 Å². The monoisotopic (exact) mass is 213 g/mol. The summed E-state index contributed by atoms with van der Waals surface area (Å²) in [7, 11) is 0. The van der Waals surface area contributed by atoms with Crippen LogP contribution in [0.15, 0.2) is 0 Å². The van der Waals surface area contributed by atoms with Crippen LogP contribution >= 0.6 is 11.8 Å². The molecule has 0 bridgehead atoms. The summed E-state index contributed by atoms with van der Waals surface area (Å²) in [5, 5.41) is 0. The number of β-lactam (4-membered cyclic amide) rings is 1. The molecule has 3 aliphatic heterocycles. The highest BCUT2D eigenvalue weighted by atomic mass is 32.2. The molecule has 14 heavy (non-hydrogen) atoms. The molecule has 3 nitrogen and oxygen atoms in total. The standard InChI is InChI=1S/C10H15NO2S/c1-7-3-2-4-10-8(13-7)9(12)11(10)5-6-14-10/h7-8H,2-6H2,1H3/t7-,8-,10+/m0/s1. The van der Waals surface area contributed by atoms with Gasteiger partial charge in [-0.1, -0.05) is 0 Å². The topological polar surface area (TPSA) is 29.5 Å². The Morgan fingerprint density at radius 1 is 1.64 bits per heavy atom. The van der Waals surface area contributed by atoms with Gasteiger partial charge in [-0.05, 0) is 26.2 Å². The zero-order valence-electron chi connectivity index (χ0n) is 8.36. The Hall–Kier alpha value is -0.220. The summed E-state index contributed by atoms with van der Waals surface area (Å²) in [6, 6.07) is 0. The van der Waals surface area contributed by atoms with Crippen LogP contribution in [-0.2, 0) is 9.53 Å². The number of thioether (sulfide) groups is 1. The van der Waals surface area contributed by atoms with E-state index in [1.165, 1.54) is 6.42 Å². The molecular formula is C10H15NO2S. The molecule has 1 amide bonds. The normalized spacial score (nSPS) is 46.6. The second-order valence-electron chi connectivity index (χ2n) is 4.40. The largest absolute Gasteiger partial charge is 0.362 e. The van der Waals surface area contributed by atoms with Crippen LogP contribution < -0.4 is 0 Å². The van der Waals surface area contributed by atoms with Crippen LogP contribution in [0.3, 0.4) is 0 Å². The smallest absolute Gasteiger partial charge is 0.256 e. The van der Waals surface area contributed by atoms with Crippen molar-refractivity contribution in [1.29, 1.82) is 0 Å². The van der Waals surface area contributed by atoms with Crippen molar-refractivity contribution in [2.75, 3.05) is 12.3 Å². The van der Waals surface area contributed by atoms with Crippen LogP contribution in [0.2, 0.25) is 0 Å². The third kappa shape index (κ3) is 0.959. The van der Waals surface area contributed by atoms with Crippen LogP contribution in [0.25, 0.3) is 0 Å². The molecule has 3 aliphatic rings. The van der Waals surface area contributed by atoms with E-state index in [1.807, 2.05) is 16.7 Å². The summed E-state index contributed by atoms with van der Waals surface area (Å²) < 4.78 is 5.82. The summed E-state index contributed by atoms with van der Waals surface area (Å²) >= 11 is 1.92. The lowest BCUT2D eigenvalue weighted by molar-refractivity contribution is -0.180. The van der Waals surface area contributed by atoms with Crippen molar-refractivity contribution in [3.8, 4) is 0 Å². The lowest BCUT2D eigenvalue weighted by Gasteiger charge is -2.51. The van der Waals surface area contributed by atoms with Gasteiger partial charge in [-0.15, -0.1) is 11.8 Å². The number of rotatable bonds is 0. The lowest BCUT2D eigenvalue weighted by atomic mass is 9.93. The highest BCUT2D eigenvalue weighted by Gasteiger charge is 2.64. The Morgan fingerprint density at radius 2 is 2.50 bits per heavy atom. The fraction of sp³-hybridized carbons (Fsp3) is 0.900. The minimum Gasteiger partial charge on any atom is -0.362 e. The van der Waals surface area contributed by atoms with Gasteiger partial charge in [0.05, 0.1) is 6.10 Å². The molecule has 4 heteroatoms. The van der Waals surface area contributed by atoms with E-state index in [2.05, 4.69) is 6.92 Å². The molecule has 3 heterocycles. The highest BCUT2D eigenvalue weighted by Crippen LogP contribution is 2.53. The molecule has 1 spiro atoms. The number of hydrogen-bond donors (Lipinski definition) is 0. The van der Waals surface area contributed by atoms with Crippen molar-refractivity contribution in [2.24, 2.45) is 0 Å². The van der Waals surface area contributed by atoms with E-state index < -0.39 is 0 Å². The number of carbonyl (C=O) groups excluding carboxylic acids is 1. The van der Waals surface area contributed by atoms with E-state index in [-0.39, 0.29) is 23.0 Å². The Kier molecular flexibility index (Phi) is 1.86. The summed E-state index contributed by atoms with van der Waals surface area (Å²) in [6.07, 6.45) is 3.53. The molecule has 78 valence electrons. The van der Waals surface area contributed by atoms with Crippen molar-refractivity contribution in [2.45, 2.75) is 43.3 Å². The van der Waals surface area contributed by atoms with Gasteiger partial charge in [-0.3, -0.25) is 4.79 Å². The first kappa shape index (κ1) is 9.04. The first-order chi connectivity index (χ1) is 6.74. The Bertz CT molecular complexity index is 283. The molecule has 3 fully saturated rings. The van der Waals surface area contributed by atoms with E-state index in [0.717, 1.165) is 25.1 Å². The number of ether oxygens (including phenoxy) is 1. The van der Waals surface area contributed by atoms with Gasteiger partial charge < -0.3 is 9.64 Å². The third-order valence-electron chi connectivity index (χ3n) is 3.54. The number of nitrogens with zero attached hydrogens (tertiary/aromatic N) is 1. The van der Waals surface area contributed by atoms with Crippen LogP contribution in [-0.4, -0.2) is 40.2 Å². The van der Waals surface area contributed by atoms with Gasteiger partial charge in [-0.25, -0.2) is 0 Å². The van der Waals surface area contributed by atoms with Gasteiger partial charge >= 0.3 is 0 Å². The summed E-state index contributed by atoms with van der Waals surface area (Å²) in [6.45, 7) is 3.01. The van der Waals surface area contributed by atoms with Gasteiger partial charge in [-0.2, -0.15) is 0 Å². The summed E-state index contributed by atoms with van der Waals surface area (Å²) in [5.74, 6) is 1.31. The number of amides is 1. The van der Waals surface area contributed by atoms with Gasteiger partial charge in [0.15, 0.2) is 6.10 Å². The van der Waals surface area contributed by atoms with E-state index in [1.54, 1.807) is 0 Å². The molecule has 0 unspecified atom stereocenters. The minimum atomic E-state index is -0.132. The zero-order valence-corrected chi connectivity index (χ0v) is 9.18. The molecule has 0 saturated carbocycles. The van der Waals surface area contributed by atoms with E-state index in [4.69, 9.17) is 4.74 Å². The van der Waals surface area contributed by atoms with Crippen molar-refractivity contribution in [1.82, 2.24) is 4.90 Å². The molecule has 0 aromatic rings.